The highest BCUT2D eigenvalue weighted by Gasteiger charge is 2.20. The highest BCUT2D eigenvalue weighted by molar-refractivity contribution is 9.09. The molecule has 0 aliphatic rings. The second kappa shape index (κ2) is 6.18. The lowest BCUT2D eigenvalue weighted by atomic mass is 10.9. The Balaban J connectivity index is 3.91. The molecule has 0 rings (SSSR count). The number of ether oxygens (including phenoxy) is 1. The van der Waals surface area contributed by atoms with Crippen LogP contribution in [0.3, 0.4) is 0 Å². The van der Waals surface area contributed by atoms with E-state index in [4.69, 9.17) is 9.26 Å². The number of alkyl halides is 1. The molecule has 5 heteroatoms. The summed E-state index contributed by atoms with van der Waals surface area (Å²) in [5.74, 6) is 0. The minimum Gasteiger partial charge on any atom is -0.375 e. The molecular weight excluding hydrogens is 231 g/mol. The topological polar surface area (TPSA) is 35.5 Å². The van der Waals surface area contributed by atoms with Crippen molar-refractivity contribution in [3.63, 3.8) is 0 Å². The van der Waals surface area contributed by atoms with Gasteiger partial charge in [0.05, 0.1) is 6.61 Å². The molecule has 1 unspecified atom stereocenters. The van der Waals surface area contributed by atoms with E-state index >= 15 is 0 Å². The number of methoxy groups -OCH3 is 1. The van der Waals surface area contributed by atoms with Gasteiger partial charge in [-0.05, 0) is 6.92 Å². The van der Waals surface area contributed by atoms with Crippen LogP contribution in [0.4, 0.5) is 0 Å². The maximum atomic E-state index is 11.6. The molecule has 0 aromatic rings. The van der Waals surface area contributed by atoms with Gasteiger partial charge in [0.25, 0.3) is 0 Å². The molecule has 0 aromatic heterocycles. The molecule has 0 bridgehead atoms. The zero-order chi connectivity index (χ0) is 8.74. The van der Waals surface area contributed by atoms with Crippen LogP contribution in [0.5, 0.6) is 0 Å². The van der Waals surface area contributed by atoms with E-state index in [2.05, 4.69) is 15.9 Å². The van der Waals surface area contributed by atoms with Gasteiger partial charge in [0.1, 0.15) is 6.35 Å². The first-order chi connectivity index (χ1) is 5.18. The standard InChI is InChI=1S/C6H14BrO3P/c1-3-10-11(8,5-4-7)6-9-2/h3-6H2,1-2H3. The van der Waals surface area contributed by atoms with Gasteiger partial charge >= 0.3 is 0 Å². The molecule has 0 aromatic carbocycles. The molecule has 0 radical (unpaired) electrons. The molecule has 0 aliphatic heterocycles. The van der Waals surface area contributed by atoms with Crippen molar-refractivity contribution in [2.45, 2.75) is 6.92 Å². The molecule has 0 heterocycles. The van der Waals surface area contributed by atoms with Gasteiger partial charge in [-0.2, -0.15) is 0 Å². The SMILES string of the molecule is CCOP(=O)(CCBr)COC. The smallest absolute Gasteiger partial charge is 0.228 e. The molecule has 3 nitrogen and oxygen atoms in total. The zero-order valence-corrected chi connectivity index (χ0v) is 9.36. The average molecular weight is 245 g/mol. The second-order valence-electron chi connectivity index (χ2n) is 2.06. The van der Waals surface area contributed by atoms with Gasteiger partial charge < -0.3 is 9.26 Å². The third-order valence-corrected chi connectivity index (χ3v) is 4.41. The average Bonchev–Trinajstić information content (AvgIpc) is 1.88. The van der Waals surface area contributed by atoms with Gasteiger partial charge in [0.15, 0.2) is 0 Å². The number of hydrogen-bond acceptors (Lipinski definition) is 3. The first kappa shape index (κ1) is 11.6. The maximum Gasteiger partial charge on any atom is 0.228 e. The van der Waals surface area contributed by atoms with E-state index in [1.54, 1.807) is 0 Å². The summed E-state index contributed by atoms with van der Waals surface area (Å²) in [4.78, 5) is 0. The molecule has 1 atom stereocenters. The summed E-state index contributed by atoms with van der Waals surface area (Å²) >= 11 is 3.22. The number of halogens is 1. The fourth-order valence-electron chi connectivity index (χ4n) is 0.727. The Kier molecular flexibility index (Phi) is 6.53. The largest absolute Gasteiger partial charge is 0.375 e. The second-order valence-corrected chi connectivity index (χ2v) is 5.45. The van der Waals surface area contributed by atoms with E-state index in [0.29, 0.717) is 18.1 Å². The molecule has 0 saturated carbocycles. The van der Waals surface area contributed by atoms with Gasteiger partial charge in [0, 0.05) is 18.6 Å². The molecule has 0 spiro atoms. The van der Waals surface area contributed by atoms with Gasteiger partial charge in [0.2, 0.25) is 7.37 Å². The summed E-state index contributed by atoms with van der Waals surface area (Å²) in [6.45, 7) is 2.31. The summed E-state index contributed by atoms with van der Waals surface area (Å²) in [5.41, 5.74) is 0. The highest BCUT2D eigenvalue weighted by Crippen LogP contribution is 2.46. The fraction of sp³-hybridized carbons (Fsp3) is 1.00. The summed E-state index contributed by atoms with van der Waals surface area (Å²) in [5, 5.41) is 0.688. The Morgan fingerprint density at radius 1 is 1.55 bits per heavy atom. The Hall–Kier alpha value is 0.630. The summed E-state index contributed by atoms with van der Waals surface area (Å²) in [7, 11) is -0.961. The van der Waals surface area contributed by atoms with Crippen molar-refractivity contribution in [1.29, 1.82) is 0 Å². The van der Waals surface area contributed by atoms with E-state index in [-0.39, 0.29) is 6.35 Å². The third kappa shape index (κ3) is 4.96. The Morgan fingerprint density at radius 2 is 2.18 bits per heavy atom. The summed E-state index contributed by atoms with van der Waals surface area (Å²) in [6.07, 6.45) is 0.751. The van der Waals surface area contributed by atoms with Crippen LogP contribution in [0.2, 0.25) is 0 Å². The van der Waals surface area contributed by atoms with Crippen LogP contribution in [0.1, 0.15) is 6.92 Å². The van der Waals surface area contributed by atoms with Crippen LogP contribution in [0.15, 0.2) is 0 Å². The Morgan fingerprint density at radius 3 is 2.55 bits per heavy atom. The van der Waals surface area contributed by atoms with Gasteiger partial charge in [-0.15, -0.1) is 0 Å². The van der Waals surface area contributed by atoms with Crippen LogP contribution < -0.4 is 0 Å². The molecule has 0 N–H and O–H groups in total. The van der Waals surface area contributed by atoms with Crippen LogP contribution in [-0.4, -0.2) is 31.6 Å². The minimum absolute atomic E-state index is 0.215. The van der Waals surface area contributed by atoms with Crippen molar-refractivity contribution in [2.24, 2.45) is 0 Å². The van der Waals surface area contributed by atoms with Crippen molar-refractivity contribution in [3.8, 4) is 0 Å². The van der Waals surface area contributed by atoms with Crippen molar-refractivity contribution < 1.29 is 13.8 Å². The first-order valence-electron chi connectivity index (χ1n) is 3.46. The predicted molar refractivity (Wildman–Crippen MR) is 49.8 cm³/mol. The van der Waals surface area contributed by atoms with E-state index in [0.717, 1.165) is 0 Å². The van der Waals surface area contributed by atoms with Gasteiger partial charge in [-0.1, -0.05) is 15.9 Å². The van der Waals surface area contributed by atoms with Crippen molar-refractivity contribution >= 4 is 23.3 Å². The van der Waals surface area contributed by atoms with E-state index in [1.165, 1.54) is 7.11 Å². The van der Waals surface area contributed by atoms with Crippen LogP contribution in [-0.2, 0) is 13.8 Å². The van der Waals surface area contributed by atoms with E-state index in [1.807, 2.05) is 6.92 Å². The summed E-state index contributed by atoms with van der Waals surface area (Å²) in [6, 6.07) is 0. The van der Waals surface area contributed by atoms with Gasteiger partial charge in [-0.25, -0.2) is 0 Å². The third-order valence-electron chi connectivity index (χ3n) is 1.12. The van der Waals surface area contributed by atoms with E-state index < -0.39 is 7.37 Å². The van der Waals surface area contributed by atoms with Crippen molar-refractivity contribution in [1.82, 2.24) is 0 Å². The van der Waals surface area contributed by atoms with Crippen LogP contribution in [0.25, 0.3) is 0 Å². The fourth-order valence-corrected chi connectivity index (χ4v) is 3.80. The molecule has 0 amide bonds. The molecule has 0 fully saturated rings. The first-order valence-corrected chi connectivity index (χ1v) is 6.57. The lowest BCUT2D eigenvalue weighted by Gasteiger charge is -2.14. The highest BCUT2D eigenvalue weighted by atomic mass is 79.9. The van der Waals surface area contributed by atoms with Crippen LogP contribution in [0, 0.1) is 0 Å². The number of rotatable bonds is 6. The summed E-state index contributed by atoms with van der Waals surface area (Å²) < 4.78 is 21.5. The molecule has 11 heavy (non-hydrogen) atoms. The van der Waals surface area contributed by atoms with Crippen molar-refractivity contribution in [2.75, 3.05) is 31.6 Å². The van der Waals surface area contributed by atoms with Gasteiger partial charge in [-0.3, -0.25) is 4.57 Å². The van der Waals surface area contributed by atoms with Crippen LogP contribution >= 0.6 is 23.3 Å². The van der Waals surface area contributed by atoms with Crippen molar-refractivity contribution in [3.05, 3.63) is 0 Å². The Bertz CT molecular complexity index is 116. The predicted octanol–water partition coefficient (Wildman–Crippen LogP) is 2.30. The molecule has 68 valence electrons. The lowest BCUT2D eigenvalue weighted by molar-refractivity contribution is 0.223. The molecule has 0 aliphatic carbocycles. The molecular formula is C6H14BrO3P. The minimum atomic E-state index is -2.49. The van der Waals surface area contributed by atoms with E-state index in [9.17, 15) is 4.57 Å². The monoisotopic (exact) mass is 244 g/mol. The maximum absolute atomic E-state index is 11.6. The quantitative estimate of drug-likeness (QED) is 0.532. The Labute approximate surface area is 76.0 Å². The lowest BCUT2D eigenvalue weighted by Crippen LogP contribution is -2.02. The zero-order valence-electron chi connectivity index (χ0n) is 6.88. The normalized spacial score (nSPS) is 16.3. The number of hydrogen-bond donors (Lipinski definition) is 0. The molecule has 0 saturated heterocycles.